The van der Waals surface area contributed by atoms with Gasteiger partial charge in [0.2, 0.25) is 0 Å². The zero-order valence-electron chi connectivity index (χ0n) is 9.23. The minimum absolute atomic E-state index is 0.190. The molecule has 1 aliphatic carbocycles. The number of rotatable bonds is 2. The van der Waals surface area contributed by atoms with Crippen LogP contribution in [0.1, 0.15) is 18.9 Å². The van der Waals surface area contributed by atoms with Gasteiger partial charge in [-0.25, -0.2) is 0 Å². The Morgan fingerprint density at radius 1 is 1.27 bits per heavy atom. The van der Waals surface area contributed by atoms with Gasteiger partial charge in [-0.3, -0.25) is 0 Å². The van der Waals surface area contributed by atoms with E-state index in [1.165, 1.54) is 11.1 Å². The Morgan fingerprint density at radius 3 is 2.80 bits per heavy atom. The largest absolute Gasteiger partial charge is 0.486 e. The monoisotopic (exact) mass is 200 g/mol. The summed E-state index contributed by atoms with van der Waals surface area (Å²) in [6, 6.07) is 8.18. The van der Waals surface area contributed by atoms with Gasteiger partial charge in [-0.05, 0) is 37.6 Å². The van der Waals surface area contributed by atoms with Crippen LogP contribution in [0.25, 0.3) is 0 Å². The number of benzene rings is 1. The fourth-order valence-corrected chi connectivity index (χ4v) is 1.66. The molecule has 1 atom stereocenters. The maximum Gasteiger partial charge on any atom is 0.121 e. The number of hydrogen-bond donors (Lipinski definition) is 0. The van der Waals surface area contributed by atoms with Crippen LogP contribution in [0, 0.1) is 6.92 Å². The van der Waals surface area contributed by atoms with E-state index in [9.17, 15) is 0 Å². The van der Waals surface area contributed by atoms with Crippen LogP contribution in [0.4, 0.5) is 0 Å². The quantitative estimate of drug-likeness (QED) is 0.708. The summed E-state index contributed by atoms with van der Waals surface area (Å²) in [4.78, 5) is 0. The lowest BCUT2D eigenvalue weighted by atomic mass is 10.1. The third kappa shape index (κ3) is 2.72. The third-order valence-electron chi connectivity index (χ3n) is 2.52. The average Bonchev–Trinajstić information content (AvgIpc) is 2.22. The van der Waals surface area contributed by atoms with Crippen LogP contribution in [0.3, 0.4) is 0 Å². The van der Waals surface area contributed by atoms with Crippen LogP contribution in [-0.2, 0) is 0 Å². The van der Waals surface area contributed by atoms with Crippen LogP contribution in [0.15, 0.2) is 48.1 Å². The van der Waals surface area contributed by atoms with Crippen molar-refractivity contribution in [3.8, 4) is 5.75 Å². The third-order valence-corrected chi connectivity index (χ3v) is 2.52. The number of allylic oxidation sites excluding steroid dienone is 2. The SMILES string of the molecule is CC1=CCC(Oc2cccc(C)c2)C=C1. The van der Waals surface area contributed by atoms with Gasteiger partial charge in [0.25, 0.3) is 0 Å². The number of hydrogen-bond acceptors (Lipinski definition) is 1. The average molecular weight is 200 g/mol. The molecule has 0 bridgehead atoms. The first-order valence-electron chi connectivity index (χ1n) is 5.32. The Hall–Kier alpha value is -1.50. The molecule has 0 N–H and O–H groups in total. The van der Waals surface area contributed by atoms with Gasteiger partial charge in [0.1, 0.15) is 11.9 Å². The molecule has 2 rings (SSSR count). The van der Waals surface area contributed by atoms with E-state index in [2.05, 4.69) is 44.2 Å². The molecule has 1 aromatic rings. The zero-order chi connectivity index (χ0) is 10.7. The lowest BCUT2D eigenvalue weighted by molar-refractivity contribution is 0.251. The molecule has 0 saturated heterocycles. The number of aryl methyl sites for hydroxylation is 1. The van der Waals surface area contributed by atoms with Crippen molar-refractivity contribution in [2.45, 2.75) is 26.4 Å². The topological polar surface area (TPSA) is 9.23 Å². The molecule has 1 heteroatoms. The van der Waals surface area contributed by atoms with Gasteiger partial charge in [0.15, 0.2) is 0 Å². The molecule has 0 saturated carbocycles. The van der Waals surface area contributed by atoms with Crippen molar-refractivity contribution in [2.75, 3.05) is 0 Å². The maximum atomic E-state index is 5.85. The Balaban J connectivity index is 2.02. The molecule has 0 heterocycles. The van der Waals surface area contributed by atoms with E-state index < -0.39 is 0 Å². The number of ether oxygens (including phenoxy) is 1. The highest BCUT2D eigenvalue weighted by Gasteiger charge is 2.08. The molecule has 15 heavy (non-hydrogen) atoms. The van der Waals surface area contributed by atoms with Crippen LogP contribution in [-0.4, -0.2) is 6.10 Å². The highest BCUT2D eigenvalue weighted by Crippen LogP contribution is 2.19. The van der Waals surface area contributed by atoms with Crippen LogP contribution in [0.2, 0.25) is 0 Å². The molecule has 78 valence electrons. The van der Waals surface area contributed by atoms with Crippen molar-refractivity contribution in [2.24, 2.45) is 0 Å². The molecule has 0 fully saturated rings. The lowest BCUT2D eigenvalue weighted by Gasteiger charge is -2.17. The second-order valence-electron chi connectivity index (χ2n) is 4.02. The van der Waals surface area contributed by atoms with E-state index in [0.29, 0.717) is 0 Å². The summed E-state index contributed by atoms with van der Waals surface area (Å²) < 4.78 is 5.85. The Labute approximate surface area is 91.1 Å². The molecule has 1 aromatic carbocycles. The fourth-order valence-electron chi connectivity index (χ4n) is 1.66. The van der Waals surface area contributed by atoms with Crippen molar-refractivity contribution in [3.63, 3.8) is 0 Å². The van der Waals surface area contributed by atoms with Gasteiger partial charge in [0, 0.05) is 6.42 Å². The molecule has 0 aliphatic heterocycles. The van der Waals surface area contributed by atoms with E-state index in [1.54, 1.807) is 0 Å². The van der Waals surface area contributed by atoms with Gasteiger partial charge in [-0.2, -0.15) is 0 Å². The van der Waals surface area contributed by atoms with Gasteiger partial charge < -0.3 is 4.74 Å². The van der Waals surface area contributed by atoms with Gasteiger partial charge in [0.05, 0.1) is 0 Å². The summed E-state index contributed by atoms with van der Waals surface area (Å²) in [5.74, 6) is 0.956. The van der Waals surface area contributed by atoms with Gasteiger partial charge in [-0.1, -0.05) is 29.9 Å². The minimum atomic E-state index is 0.190. The Morgan fingerprint density at radius 2 is 2.13 bits per heavy atom. The Bertz CT molecular complexity index is 402. The highest BCUT2D eigenvalue weighted by atomic mass is 16.5. The first-order valence-corrected chi connectivity index (χ1v) is 5.32. The summed E-state index contributed by atoms with van der Waals surface area (Å²) in [6.45, 7) is 4.19. The van der Waals surface area contributed by atoms with E-state index in [-0.39, 0.29) is 6.10 Å². The van der Waals surface area contributed by atoms with E-state index in [0.717, 1.165) is 12.2 Å². The van der Waals surface area contributed by atoms with Gasteiger partial charge in [-0.15, -0.1) is 0 Å². The molecule has 1 aliphatic rings. The maximum absolute atomic E-state index is 5.85. The summed E-state index contributed by atoms with van der Waals surface area (Å²) in [5, 5.41) is 0. The smallest absolute Gasteiger partial charge is 0.121 e. The molecule has 0 aromatic heterocycles. The zero-order valence-corrected chi connectivity index (χ0v) is 9.23. The van der Waals surface area contributed by atoms with Crippen molar-refractivity contribution >= 4 is 0 Å². The molecule has 1 unspecified atom stereocenters. The molecule has 0 amide bonds. The first kappa shape index (κ1) is 10.0. The predicted molar refractivity (Wildman–Crippen MR) is 63.1 cm³/mol. The molecular weight excluding hydrogens is 184 g/mol. The second kappa shape index (κ2) is 4.35. The molecular formula is C14H16O. The standard InChI is InChI=1S/C14H16O/c1-11-6-8-13(9-7-11)15-14-5-3-4-12(2)10-14/h3-8,10,13H,9H2,1-2H3. The van der Waals surface area contributed by atoms with E-state index in [1.807, 2.05) is 12.1 Å². The van der Waals surface area contributed by atoms with Crippen LogP contribution >= 0.6 is 0 Å². The van der Waals surface area contributed by atoms with Crippen LogP contribution in [0.5, 0.6) is 5.75 Å². The van der Waals surface area contributed by atoms with E-state index >= 15 is 0 Å². The van der Waals surface area contributed by atoms with Gasteiger partial charge >= 0.3 is 0 Å². The molecule has 0 spiro atoms. The lowest BCUT2D eigenvalue weighted by Crippen LogP contribution is -2.14. The van der Waals surface area contributed by atoms with E-state index in [4.69, 9.17) is 4.74 Å². The highest BCUT2D eigenvalue weighted by molar-refractivity contribution is 5.29. The first-order chi connectivity index (χ1) is 7.24. The van der Waals surface area contributed by atoms with Crippen LogP contribution < -0.4 is 4.74 Å². The summed E-state index contributed by atoms with van der Waals surface area (Å²) in [5.41, 5.74) is 2.55. The summed E-state index contributed by atoms with van der Waals surface area (Å²) in [6.07, 6.45) is 7.61. The minimum Gasteiger partial charge on any atom is -0.486 e. The van der Waals surface area contributed by atoms with Crippen molar-refractivity contribution < 1.29 is 4.74 Å². The van der Waals surface area contributed by atoms with Crippen molar-refractivity contribution in [3.05, 3.63) is 53.6 Å². The summed E-state index contributed by atoms with van der Waals surface area (Å²) in [7, 11) is 0. The Kier molecular flexibility index (Phi) is 2.91. The normalized spacial score (nSPS) is 19.9. The second-order valence-corrected chi connectivity index (χ2v) is 4.02. The predicted octanol–water partition coefficient (Wildman–Crippen LogP) is 3.65. The fraction of sp³-hybridized carbons (Fsp3) is 0.286. The van der Waals surface area contributed by atoms with Crippen molar-refractivity contribution in [1.29, 1.82) is 0 Å². The van der Waals surface area contributed by atoms with Crippen molar-refractivity contribution in [1.82, 2.24) is 0 Å². The molecule has 0 radical (unpaired) electrons. The summed E-state index contributed by atoms with van der Waals surface area (Å²) >= 11 is 0. The molecule has 1 nitrogen and oxygen atoms in total.